The molecule has 2 aromatic rings. The molecule has 27 heavy (non-hydrogen) atoms. The predicted molar refractivity (Wildman–Crippen MR) is 105 cm³/mol. The van der Waals surface area contributed by atoms with Crippen molar-refractivity contribution in [2.75, 3.05) is 0 Å². The molecule has 4 heteroatoms. The molecule has 2 aliphatic heterocycles. The molecular weight excluding hydrogens is 334 g/mol. The van der Waals surface area contributed by atoms with Gasteiger partial charge in [-0.3, -0.25) is 9.48 Å². The first-order chi connectivity index (χ1) is 13.2. The van der Waals surface area contributed by atoms with E-state index in [4.69, 9.17) is 5.10 Å². The largest absolute Gasteiger partial charge is 0.337 e. The maximum absolute atomic E-state index is 13.2. The number of hydrogen-bond acceptors (Lipinski definition) is 2. The third-order valence-electron chi connectivity index (χ3n) is 7.74. The molecule has 1 aromatic heterocycles. The average Bonchev–Trinajstić information content (AvgIpc) is 3.44. The van der Waals surface area contributed by atoms with Gasteiger partial charge in [0, 0.05) is 37.4 Å². The van der Waals surface area contributed by atoms with Gasteiger partial charge in [0.2, 0.25) is 5.91 Å². The molecule has 1 amide bonds. The minimum Gasteiger partial charge on any atom is -0.337 e. The maximum Gasteiger partial charge on any atom is 0.223 e. The summed E-state index contributed by atoms with van der Waals surface area (Å²) in [4.78, 5) is 15.5. The van der Waals surface area contributed by atoms with Crippen LogP contribution in [0.15, 0.2) is 18.2 Å². The Bertz CT molecular complexity index is 882. The van der Waals surface area contributed by atoms with Crippen LogP contribution >= 0.6 is 0 Å². The smallest absolute Gasteiger partial charge is 0.223 e. The van der Waals surface area contributed by atoms with Gasteiger partial charge in [0.1, 0.15) is 0 Å². The number of aryl methyl sites for hydroxylation is 2. The van der Waals surface area contributed by atoms with E-state index in [1.807, 2.05) is 11.7 Å². The van der Waals surface area contributed by atoms with E-state index < -0.39 is 0 Å². The minimum absolute atomic E-state index is 0.381. The van der Waals surface area contributed by atoms with Gasteiger partial charge >= 0.3 is 0 Å². The van der Waals surface area contributed by atoms with Gasteiger partial charge in [0.05, 0.1) is 11.2 Å². The Kier molecular flexibility index (Phi) is 3.48. The van der Waals surface area contributed by atoms with Crippen LogP contribution in [0, 0.1) is 11.8 Å². The number of nitrogens with zero attached hydrogens (tertiary/aromatic N) is 3. The second-order valence-electron chi connectivity index (χ2n) is 9.61. The molecule has 3 saturated carbocycles. The molecule has 5 aliphatic rings. The summed E-state index contributed by atoms with van der Waals surface area (Å²) in [6, 6.07) is 7.68. The zero-order valence-electron chi connectivity index (χ0n) is 16.2. The molecule has 4 bridgehead atoms. The number of piperidine rings is 2. The van der Waals surface area contributed by atoms with Crippen LogP contribution in [-0.4, -0.2) is 32.7 Å². The molecule has 2 saturated heterocycles. The van der Waals surface area contributed by atoms with Crippen molar-refractivity contribution in [3.05, 3.63) is 29.5 Å². The van der Waals surface area contributed by atoms with Gasteiger partial charge in [-0.05, 0) is 74.3 Å². The van der Waals surface area contributed by atoms with Crippen molar-refractivity contribution in [2.24, 2.45) is 18.9 Å². The van der Waals surface area contributed by atoms with Crippen molar-refractivity contribution in [2.45, 2.75) is 75.8 Å². The number of benzene rings is 1. The zero-order chi connectivity index (χ0) is 18.1. The van der Waals surface area contributed by atoms with Crippen molar-refractivity contribution in [1.82, 2.24) is 14.7 Å². The highest BCUT2D eigenvalue weighted by Gasteiger charge is 2.48. The van der Waals surface area contributed by atoms with Crippen LogP contribution in [0.1, 0.15) is 68.5 Å². The molecule has 0 radical (unpaired) electrons. The first-order valence-electron chi connectivity index (χ1n) is 10.9. The highest BCUT2D eigenvalue weighted by molar-refractivity contribution is 5.87. The van der Waals surface area contributed by atoms with E-state index in [1.165, 1.54) is 61.4 Å². The van der Waals surface area contributed by atoms with Gasteiger partial charge in [-0.25, -0.2) is 0 Å². The quantitative estimate of drug-likeness (QED) is 0.817. The van der Waals surface area contributed by atoms with Crippen LogP contribution in [0.5, 0.6) is 0 Å². The SMILES string of the molecule is Cn1nc(CCC(=O)N2C3CC4CC(C3)CC2C4)c2c(C3CC3)cccc21. The van der Waals surface area contributed by atoms with E-state index >= 15 is 0 Å². The van der Waals surface area contributed by atoms with Crippen molar-refractivity contribution >= 4 is 16.8 Å². The molecule has 0 atom stereocenters. The Hall–Kier alpha value is -1.84. The molecule has 142 valence electrons. The number of carbonyl (C=O) groups excluding carboxylic acids is 1. The fraction of sp³-hybridized carbons (Fsp3) is 0.652. The lowest BCUT2D eigenvalue weighted by molar-refractivity contribution is -0.149. The topological polar surface area (TPSA) is 38.1 Å². The monoisotopic (exact) mass is 363 g/mol. The first kappa shape index (κ1) is 16.1. The number of rotatable bonds is 4. The van der Waals surface area contributed by atoms with E-state index in [-0.39, 0.29) is 0 Å². The van der Waals surface area contributed by atoms with Crippen LogP contribution in [0.2, 0.25) is 0 Å². The molecule has 0 spiro atoms. The highest BCUT2D eigenvalue weighted by Crippen LogP contribution is 2.49. The Morgan fingerprint density at radius 1 is 1.07 bits per heavy atom. The Labute approximate surface area is 160 Å². The van der Waals surface area contributed by atoms with Crippen LogP contribution in [0.4, 0.5) is 0 Å². The van der Waals surface area contributed by atoms with Gasteiger partial charge in [0.25, 0.3) is 0 Å². The molecule has 0 unspecified atom stereocenters. The van der Waals surface area contributed by atoms with E-state index in [0.717, 1.165) is 24.0 Å². The van der Waals surface area contributed by atoms with Gasteiger partial charge in [0.15, 0.2) is 0 Å². The molecule has 5 fully saturated rings. The summed E-state index contributed by atoms with van der Waals surface area (Å²) < 4.78 is 2.00. The molecule has 3 heterocycles. The molecular formula is C23H29N3O. The van der Waals surface area contributed by atoms with Crippen molar-refractivity contribution in [1.29, 1.82) is 0 Å². The fourth-order valence-electron chi connectivity index (χ4n) is 6.63. The molecule has 1 aromatic carbocycles. The predicted octanol–water partition coefficient (Wildman–Crippen LogP) is 4.17. The number of aromatic nitrogens is 2. The second-order valence-corrected chi connectivity index (χ2v) is 9.61. The van der Waals surface area contributed by atoms with Crippen LogP contribution < -0.4 is 0 Å². The third kappa shape index (κ3) is 2.55. The van der Waals surface area contributed by atoms with Crippen LogP contribution in [-0.2, 0) is 18.3 Å². The van der Waals surface area contributed by atoms with E-state index in [1.54, 1.807) is 0 Å². The fourth-order valence-corrected chi connectivity index (χ4v) is 6.63. The lowest BCUT2D eigenvalue weighted by Crippen LogP contribution is -2.59. The Balaban J connectivity index is 1.24. The van der Waals surface area contributed by atoms with E-state index in [9.17, 15) is 4.79 Å². The molecule has 7 rings (SSSR count). The normalized spacial score (nSPS) is 31.8. The average molecular weight is 364 g/mol. The van der Waals surface area contributed by atoms with Gasteiger partial charge in [-0.2, -0.15) is 5.10 Å². The summed E-state index contributed by atoms with van der Waals surface area (Å²) in [6.45, 7) is 0. The summed E-state index contributed by atoms with van der Waals surface area (Å²) >= 11 is 0. The summed E-state index contributed by atoms with van der Waals surface area (Å²) in [6.07, 6.45) is 10.5. The Morgan fingerprint density at radius 3 is 2.44 bits per heavy atom. The summed E-state index contributed by atoms with van der Waals surface area (Å²) in [5, 5.41) is 6.14. The number of fused-ring (bicyclic) bond motifs is 1. The second kappa shape index (κ2) is 5.83. The summed E-state index contributed by atoms with van der Waals surface area (Å²) in [5.41, 5.74) is 3.81. The maximum atomic E-state index is 13.2. The van der Waals surface area contributed by atoms with E-state index in [2.05, 4.69) is 23.1 Å². The van der Waals surface area contributed by atoms with Crippen molar-refractivity contribution in [3.63, 3.8) is 0 Å². The van der Waals surface area contributed by atoms with Crippen LogP contribution in [0.25, 0.3) is 10.9 Å². The number of hydrogen-bond donors (Lipinski definition) is 0. The van der Waals surface area contributed by atoms with Gasteiger partial charge < -0.3 is 4.90 Å². The van der Waals surface area contributed by atoms with Crippen LogP contribution in [0.3, 0.4) is 0 Å². The lowest BCUT2D eigenvalue weighted by Gasteiger charge is -2.56. The first-order valence-corrected chi connectivity index (χ1v) is 10.9. The van der Waals surface area contributed by atoms with Gasteiger partial charge in [-0.1, -0.05) is 12.1 Å². The van der Waals surface area contributed by atoms with Crippen molar-refractivity contribution in [3.8, 4) is 0 Å². The highest BCUT2D eigenvalue weighted by atomic mass is 16.2. The van der Waals surface area contributed by atoms with Crippen molar-refractivity contribution < 1.29 is 4.79 Å². The molecule has 0 N–H and O–H groups in total. The summed E-state index contributed by atoms with van der Waals surface area (Å²) in [7, 11) is 2.03. The molecule has 3 aliphatic carbocycles. The number of carbonyl (C=O) groups is 1. The Morgan fingerprint density at radius 2 is 1.78 bits per heavy atom. The standard InChI is InChI=1S/C23H29N3O/c1-25-21-4-2-3-19(16-5-6-16)23(21)20(24-25)7-8-22(27)26-17-10-14-9-15(12-17)13-18(26)11-14/h2-4,14-18H,5-13H2,1H3. The summed E-state index contributed by atoms with van der Waals surface area (Å²) in [5.74, 6) is 2.89. The zero-order valence-corrected chi connectivity index (χ0v) is 16.2. The minimum atomic E-state index is 0.381. The number of amides is 1. The van der Waals surface area contributed by atoms with Gasteiger partial charge in [-0.15, -0.1) is 0 Å². The lowest BCUT2D eigenvalue weighted by atomic mass is 9.63. The third-order valence-corrected chi connectivity index (χ3v) is 7.74. The molecule has 4 nitrogen and oxygen atoms in total. The van der Waals surface area contributed by atoms with E-state index in [0.29, 0.717) is 30.3 Å².